The zero-order valence-corrected chi connectivity index (χ0v) is 33.6. The van der Waals surface area contributed by atoms with Gasteiger partial charge in [-0.15, -0.1) is 0 Å². The summed E-state index contributed by atoms with van der Waals surface area (Å²) in [4.78, 5) is 63.0. The minimum atomic E-state index is -3.87. The van der Waals surface area contributed by atoms with E-state index in [9.17, 15) is 22.8 Å². The third-order valence-electron chi connectivity index (χ3n) is 11.4. The average Bonchev–Trinajstić information content (AvgIpc) is 4.05. The van der Waals surface area contributed by atoms with Crippen LogP contribution < -0.4 is 14.2 Å². The van der Waals surface area contributed by atoms with Gasteiger partial charge in [0.2, 0.25) is 27.7 Å². The first-order valence-electron chi connectivity index (χ1n) is 19.4. The van der Waals surface area contributed by atoms with Crippen molar-refractivity contribution in [2.24, 2.45) is 29.1 Å². The number of pyridine rings is 1. The number of hydrogen-bond acceptors (Lipinski definition) is 11. The van der Waals surface area contributed by atoms with Gasteiger partial charge in [-0.25, -0.2) is 13.4 Å². The zero-order chi connectivity index (χ0) is 39.7. The van der Waals surface area contributed by atoms with Crippen LogP contribution in [0.3, 0.4) is 0 Å². The highest BCUT2D eigenvalue weighted by Crippen LogP contribution is 2.57. The normalized spacial score (nSPS) is 29.7. The monoisotopic (exact) mass is 781 g/mol. The van der Waals surface area contributed by atoms with Crippen LogP contribution in [0.5, 0.6) is 11.6 Å². The molecule has 13 nitrogen and oxygen atoms in total. The van der Waals surface area contributed by atoms with E-state index in [-0.39, 0.29) is 56.0 Å². The molecule has 1 aromatic carbocycles. The SMILES string of the molecule is COC[C@@H]1C[C@H](C)CC/C=C\[C@@H]2C[C@@]2(C(=O)NS(=O)(=O)C2CC2)CC(=O)[C@@H]2C[C@@H](Oc3ncc(OC)c4ccccc34)CN2C(=O)[C@H]1CC(=O)OC(C)(C)C. The summed E-state index contributed by atoms with van der Waals surface area (Å²) < 4.78 is 51.6. The fourth-order valence-electron chi connectivity index (χ4n) is 8.31. The summed E-state index contributed by atoms with van der Waals surface area (Å²) in [6, 6.07) is 6.47. The van der Waals surface area contributed by atoms with Gasteiger partial charge in [0, 0.05) is 37.3 Å². The number of Topliss-reactive ketones (excluding diaryl/α,β-unsaturated/α-hetero) is 1. The van der Waals surface area contributed by atoms with Crippen LogP contribution in [0.15, 0.2) is 42.6 Å². The Kier molecular flexibility index (Phi) is 12.0. The number of amides is 2. The van der Waals surface area contributed by atoms with Crippen LogP contribution in [0.4, 0.5) is 0 Å². The van der Waals surface area contributed by atoms with E-state index in [4.69, 9.17) is 18.9 Å². The number of benzene rings is 1. The van der Waals surface area contributed by atoms with Crippen LogP contribution in [0, 0.1) is 29.1 Å². The van der Waals surface area contributed by atoms with Crippen LogP contribution in [0.2, 0.25) is 0 Å². The second-order valence-corrected chi connectivity index (χ2v) is 18.9. The third kappa shape index (κ3) is 9.33. The molecule has 55 heavy (non-hydrogen) atoms. The molecule has 0 spiro atoms. The number of allylic oxidation sites excluding steroid dienone is 2. The van der Waals surface area contributed by atoms with E-state index in [0.717, 1.165) is 11.8 Å². The lowest BCUT2D eigenvalue weighted by molar-refractivity contribution is -0.160. The Bertz CT molecular complexity index is 1920. The van der Waals surface area contributed by atoms with Gasteiger partial charge in [0.15, 0.2) is 5.78 Å². The first-order chi connectivity index (χ1) is 26.0. The van der Waals surface area contributed by atoms with Crippen LogP contribution >= 0.6 is 0 Å². The molecule has 2 aliphatic heterocycles. The molecule has 0 unspecified atom stereocenters. The van der Waals surface area contributed by atoms with Crippen molar-refractivity contribution in [3.63, 3.8) is 0 Å². The summed E-state index contributed by atoms with van der Waals surface area (Å²) in [5, 5.41) is 0.873. The Balaban J connectivity index is 1.37. The molecule has 4 aliphatic rings. The summed E-state index contributed by atoms with van der Waals surface area (Å²) in [6.45, 7) is 7.65. The highest BCUT2D eigenvalue weighted by Gasteiger charge is 2.61. The van der Waals surface area contributed by atoms with Gasteiger partial charge in [0.1, 0.15) is 17.5 Å². The summed E-state index contributed by atoms with van der Waals surface area (Å²) in [7, 11) is -0.740. The quantitative estimate of drug-likeness (QED) is 0.250. The fraction of sp³-hybridized carbons (Fsp3) is 0.634. The number of carbonyl (C=O) groups is 4. The molecule has 2 saturated carbocycles. The molecular formula is C41H55N3O10S. The number of ether oxygens (including phenoxy) is 4. The van der Waals surface area contributed by atoms with Crippen LogP contribution in [-0.4, -0.2) is 92.2 Å². The van der Waals surface area contributed by atoms with Gasteiger partial charge in [-0.1, -0.05) is 37.3 Å². The Morgan fingerprint density at radius 1 is 1.05 bits per heavy atom. The van der Waals surface area contributed by atoms with Crippen LogP contribution in [-0.2, 0) is 38.7 Å². The fourth-order valence-corrected chi connectivity index (χ4v) is 9.69. The lowest BCUT2D eigenvalue weighted by atomic mass is 9.81. The molecule has 7 atom stereocenters. The zero-order valence-electron chi connectivity index (χ0n) is 32.7. The van der Waals surface area contributed by atoms with Crippen molar-refractivity contribution in [3.05, 3.63) is 42.6 Å². The molecule has 14 heteroatoms. The van der Waals surface area contributed by atoms with E-state index in [0.29, 0.717) is 49.1 Å². The standard InChI is InChI=1S/C41H55N3O10S/c1-25-11-7-8-12-27-20-41(27,39(48)43-55(49,50)29-15-16-29)21-34(45)33-18-28(53-37-31-14-10-9-13-30(31)35(52-6)22-42-37)23-44(33)38(47)32(26(17-25)24-51-5)19-36(46)54-40(2,3)4/h8-10,12-14,22,25-29,32-33H,7,11,15-21,23-24H2,1-6H3,(H,43,48)/b12-8-/t25-,26+,27-,28-,32+,33+,41-/m1/s1. The molecule has 2 aliphatic carbocycles. The summed E-state index contributed by atoms with van der Waals surface area (Å²) in [5.41, 5.74) is -2.05. The van der Waals surface area contributed by atoms with E-state index in [1.807, 2.05) is 36.4 Å². The van der Waals surface area contributed by atoms with Crippen molar-refractivity contribution >= 4 is 44.4 Å². The molecular weight excluding hydrogens is 727 g/mol. The van der Waals surface area contributed by atoms with E-state index >= 15 is 4.79 Å². The van der Waals surface area contributed by atoms with Crippen molar-refractivity contribution < 1.29 is 46.5 Å². The van der Waals surface area contributed by atoms with Crippen LogP contribution in [0.1, 0.15) is 85.5 Å². The highest BCUT2D eigenvalue weighted by atomic mass is 32.2. The van der Waals surface area contributed by atoms with Gasteiger partial charge in [-0.05, 0) is 83.1 Å². The second kappa shape index (κ2) is 16.2. The van der Waals surface area contributed by atoms with Gasteiger partial charge in [-0.3, -0.25) is 23.9 Å². The number of carbonyl (C=O) groups excluding carboxylic acids is 4. The third-order valence-corrected chi connectivity index (χ3v) is 13.2. The number of rotatable bonds is 10. The molecule has 2 aromatic rings. The maximum Gasteiger partial charge on any atom is 0.307 e. The number of ketones is 1. The van der Waals surface area contributed by atoms with E-state index in [1.165, 1.54) is 4.90 Å². The van der Waals surface area contributed by atoms with Gasteiger partial charge >= 0.3 is 5.97 Å². The number of aromatic nitrogens is 1. The largest absolute Gasteiger partial charge is 0.494 e. The first kappa shape index (κ1) is 40.6. The molecule has 1 saturated heterocycles. The van der Waals surface area contributed by atoms with Gasteiger partial charge in [0.05, 0.1) is 48.9 Å². The average molecular weight is 782 g/mol. The van der Waals surface area contributed by atoms with E-state index in [2.05, 4.69) is 16.6 Å². The molecule has 3 fully saturated rings. The van der Waals surface area contributed by atoms with Gasteiger partial charge in [-0.2, -0.15) is 0 Å². The molecule has 1 aromatic heterocycles. The molecule has 2 amide bonds. The highest BCUT2D eigenvalue weighted by molar-refractivity contribution is 7.90. The van der Waals surface area contributed by atoms with E-state index < -0.39 is 62.1 Å². The Labute approximate surface area is 323 Å². The van der Waals surface area contributed by atoms with E-state index in [1.54, 1.807) is 41.2 Å². The summed E-state index contributed by atoms with van der Waals surface area (Å²) in [6.07, 6.45) is 7.82. The van der Waals surface area contributed by atoms with Crippen molar-refractivity contribution in [3.8, 4) is 11.6 Å². The number of sulfonamides is 1. The minimum Gasteiger partial charge on any atom is -0.494 e. The lowest BCUT2D eigenvalue weighted by Crippen LogP contribution is -2.48. The molecule has 0 bridgehead atoms. The number of methoxy groups -OCH3 is 2. The Morgan fingerprint density at radius 3 is 2.45 bits per heavy atom. The molecule has 1 N–H and O–H groups in total. The van der Waals surface area contributed by atoms with Crippen molar-refractivity contribution in [2.45, 2.75) is 108 Å². The predicted molar refractivity (Wildman–Crippen MR) is 205 cm³/mol. The first-order valence-corrected chi connectivity index (χ1v) is 20.9. The maximum atomic E-state index is 15.0. The van der Waals surface area contributed by atoms with Crippen molar-refractivity contribution in [1.29, 1.82) is 0 Å². The molecule has 0 radical (unpaired) electrons. The number of fused-ring (bicyclic) bond motifs is 3. The van der Waals surface area contributed by atoms with Gasteiger partial charge in [0.25, 0.3) is 0 Å². The molecule has 300 valence electrons. The number of nitrogens with one attached hydrogen (secondary N) is 1. The van der Waals surface area contributed by atoms with Crippen LogP contribution in [0.25, 0.3) is 10.8 Å². The topological polar surface area (TPSA) is 167 Å². The smallest absolute Gasteiger partial charge is 0.307 e. The molecule has 3 heterocycles. The minimum absolute atomic E-state index is 0.0237. The summed E-state index contributed by atoms with van der Waals surface area (Å²) >= 11 is 0. The van der Waals surface area contributed by atoms with Gasteiger partial charge < -0.3 is 23.8 Å². The summed E-state index contributed by atoms with van der Waals surface area (Å²) in [5.74, 6) is -2.53. The van der Waals surface area contributed by atoms with Crippen molar-refractivity contribution in [2.75, 3.05) is 27.4 Å². The lowest BCUT2D eigenvalue weighted by Gasteiger charge is -2.33. The number of nitrogens with zero attached hydrogens (tertiary/aromatic N) is 2. The number of hydrogen-bond donors (Lipinski definition) is 1. The Hall–Kier alpha value is -4.04. The number of esters is 1. The Morgan fingerprint density at radius 2 is 1.78 bits per heavy atom. The molecule has 6 rings (SSSR count). The van der Waals surface area contributed by atoms with Crippen molar-refractivity contribution in [1.82, 2.24) is 14.6 Å². The predicted octanol–water partition coefficient (Wildman–Crippen LogP) is 5.15. The second-order valence-electron chi connectivity index (χ2n) is 16.9. The maximum absolute atomic E-state index is 15.0.